The molecule has 0 amide bonds. The molecule has 24 heavy (non-hydrogen) atoms. The summed E-state index contributed by atoms with van der Waals surface area (Å²) in [4.78, 5) is 35.4. The minimum atomic E-state index is -0.529. The molecule has 2 aliphatic rings. The molecule has 6 heteroatoms. The molecule has 0 heterocycles. The van der Waals surface area contributed by atoms with Crippen LogP contribution in [-0.4, -0.2) is 31.1 Å². The van der Waals surface area contributed by atoms with Crippen LogP contribution in [0.2, 0.25) is 0 Å². The Balaban J connectivity index is 2.59. The third-order valence-electron chi connectivity index (χ3n) is 3.24. The van der Waals surface area contributed by atoms with Crippen LogP contribution in [0.25, 0.3) is 11.1 Å². The topological polar surface area (TPSA) is 78.9 Å². The highest BCUT2D eigenvalue weighted by molar-refractivity contribution is 6.08. The van der Waals surface area contributed by atoms with Crippen molar-refractivity contribution in [3.05, 3.63) is 41.5 Å². The fourth-order valence-corrected chi connectivity index (χ4v) is 2.33. The van der Waals surface area contributed by atoms with E-state index in [2.05, 4.69) is 0 Å². The zero-order chi connectivity index (χ0) is 17.7. The van der Waals surface area contributed by atoms with E-state index in [-0.39, 0.29) is 24.3 Å². The number of carbonyl (C=O) groups is 3. The molecule has 0 fully saturated rings. The molecule has 0 atom stereocenters. The molecule has 0 radical (unpaired) electrons. The van der Waals surface area contributed by atoms with Gasteiger partial charge >= 0.3 is 17.9 Å². The second-order valence-electron chi connectivity index (χ2n) is 4.90. The smallest absolute Gasteiger partial charge is 0.338 e. The van der Waals surface area contributed by atoms with E-state index in [9.17, 15) is 14.4 Å². The lowest BCUT2D eigenvalue weighted by Crippen LogP contribution is -2.05. The summed E-state index contributed by atoms with van der Waals surface area (Å²) in [6.07, 6.45) is 0. The first-order valence-corrected chi connectivity index (χ1v) is 7.57. The van der Waals surface area contributed by atoms with Gasteiger partial charge in [-0.15, -0.1) is 0 Å². The molecule has 0 unspecified atom stereocenters. The van der Waals surface area contributed by atoms with Crippen molar-refractivity contribution in [2.24, 2.45) is 0 Å². The molecule has 6 nitrogen and oxygen atoms in total. The van der Waals surface area contributed by atoms with Crippen molar-refractivity contribution in [3.8, 4) is 16.9 Å². The van der Waals surface area contributed by atoms with Gasteiger partial charge in [0.05, 0.1) is 24.3 Å². The highest BCUT2D eigenvalue weighted by Gasteiger charge is 2.25. The van der Waals surface area contributed by atoms with Gasteiger partial charge in [0, 0.05) is 6.92 Å². The molecule has 0 aromatic heterocycles. The molecule has 0 saturated carbocycles. The average molecular weight is 330 g/mol. The van der Waals surface area contributed by atoms with Gasteiger partial charge in [-0.05, 0) is 55.3 Å². The molecule has 2 aliphatic carbocycles. The summed E-state index contributed by atoms with van der Waals surface area (Å²) in [5.74, 6) is -1.21. The van der Waals surface area contributed by atoms with Crippen LogP contribution in [0.4, 0.5) is 0 Å². The molecule has 0 spiro atoms. The van der Waals surface area contributed by atoms with Crippen LogP contribution >= 0.6 is 0 Å². The highest BCUT2D eigenvalue weighted by Crippen LogP contribution is 2.34. The predicted octanol–water partition coefficient (Wildman–Crippen LogP) is 3.07. The van der Waals surface area contributed by atoms with E-state index in [1.165, 1.54) is 13.0 Å². The summed E-state index contributed by atoms with van der Waals surface area (Å²) in [5.41, 5.74) is 1.57. The first-order chi connectivity index (χ1) is 11.5. The number of hydrogen-bond acceptors (Lipinski definition) is 6. The third kappa shape index (κ3) is 3.71. The van der Waals surface area contributed by atoms with E-state index in [4.69, 9.17) is 14.2 Å². The zero-order valence-electron chi connectivity index (χ0n) is 13.8. The first-order valence-electron chi connectivity index (χ1n) is 7.57. The van der Waals surface area contributed by atoms with E-state index in [0.717, 1.165) is 0 Å². The molecular formula is C18H18O6. The maximum absolute atomic E-state index is 12.2. The van der Waals surface area contributed by atoms with Crippen molar-refractivity contribution in [1.82, 2.24) is 0 Å². The average Bonchev–Trinajstić information content (AvgIpc) is 2.77. The fraction of sp³-hybridized carbons (Fsp3) is 0.278. The van der Waals surface area contributed by atoms with Gasteiger partial charge in [0.2, 0.25) is 0 Å². The Bertz CT molecular complexity index is 697. The Kier molecular flexibility index (Phi) is 5.52. The number of ether oxygens (including phenoxy) is 3. The van der Waals surface area contributed by atoms with Crippen molar-refractivity contribution in [1.29, 1.82) is 0 Å². The van der Waals surface area contributed by atoms with E-state index < -0.39 is 17.9 Å². The molecule has 0 N–H and O–H groups in total. The molecule has 0 aromatic carbocycles. The van der Waals surface area contributed by atoms with E-state index in [1.54, 1.807) is 38.1 Å². The maximum atomic E-state index is 12.2. The Morgan fingerprint density at radius 3 is 1.67 bits per heavy atom. The van der Waals surface area contributed by atoms with E-state index in [0.29, 0.717) is 16.9 Å². The van der Waals surface area contributed by atoms with Crippen LogP contribution < -0.4 is 4.74 Å². The Morgan fingerprint density at radius 2 is 1.29 bits per heavy atom. The van der Waals surface area contributed by atoms with E-state index >= 15 is 0 Å². The SMILES string of the molecule is CCOC(=O)c1cc(C(=O)OCC)c2ccc(OC(C)=O)ccc1-2. The quantitative estimate of drug-likeness (QED) is 0.784. The van der Waals surface area contributed by atoms with Crippen molar-refractivity contribution < 1.29 is 28.6 Å². The fourth-order valence-electron chi connectivity index (χ4n) is 2.33. The molecule has 0 saturated heterocycles. The van der Waals surface area contributed by atoms with Crippen LogP contribution in [0.15, 0.2) is 30.3 Å². The number of hydrogen-bond donors (Lipinski definition) is 0. The predicted molar refractivity (Wildman–Crippen MR) is 86.3 cm³/mol. The minimum absolute atomic E-state index is 0.220. The Labute approximate surface area is 139 Å². The lowest BCUT2D eigenvalue weighted by atomic mass is 10.1. The summed E-state index contributed by atoms with van der Waals surface area (Å²) in [5, 5.41) is 0. The molecule has 0 aromatic rings. The van der Waals surface area contributed by atoms with E-state index in [1.807, 2.05) is 0 Å². The van der Waals surface area contributed by atoms with Crippen molar-refractivity contribution >= 4 is 17.9 Å². The monoisotopic (exact) mass is 330 g/mol. The van der Waals surface area contributed by atoms with Crippen LogP contribution in [0.3, 0.4) is 0 Å². The number of rotatable bonds is 5. The molecular weight excluding hydrogens is 312 g/mol. The zero-order valence-corrected chi connectivity index (χ0v) is 13.8. The second kappa shape index (κ2) is 7.59. The molecule has 2 rings (SSSR count). The lowest BCUT2D eigenvalue weighted by molar-refractivity contribution is -0.131. The van der Waals surface area contributed by atoms with Gasteiger partial charge in [0.1, 0.15) is 5.75 Å². The lowest BCUT2D eigenvalue weighted by Gasteiger charge is -2.02. The Hall–Kier alpha value is -2.89. The van der Waals surface area contributed by atoms with Crippen LogP contribution in [0.5, 0.6) is 5.75 Å². The summed E-state index contributed by atoms with van der Waals surface area (Å²) >= 11 is 0. The van der Waals surface area contributed by atoms with Crippen molar-refractivity contribution in [3.63, 3.8) is 0 Å². The van der Waals surface area contributed by atoms with Crippen molar-refractivity contribution in [2.45, 2.75) is 20.8 Å². The first kappa shape index (κ1) is 17.5. The third-order valence-corrected chi connectivity index (χ3v) is 3.24. The van der Waals surface area contributed by atoms with Crippen molar-refractivity contribution in [2.75, 3.05) is 13.2 Å². The number of fused-ring (bicyclic) bond motifs is 1. The number of esters is 3. The molecule has 126 valence electrons. The summed E-state index contributed by atoms with van der Waals surface area (Å²) < 4.78 is 15.1. The highest BCUT2D eigenvalue weighted by atomic mass is 16.5. The van der Waals surface area contributed by atoms with Crippen LogP contribution in [0.1, 0.15) is 41.5 Å². The summed E-state index contributed by atoms with van der Waals surface area (Å²) in [6, 6.07) is 7.81. The summed E-state index contributed by atoms with van der Waals surface area (Å²) in [7, 11) is 0. The van der Waals surface area contributed by atoms with Crippen LogP contribution in [0, 0.1) is 0 Å². The van der Waals surface area contributed by atoms with Gasteiger partial charge < -0.3 is 14.2 Å². The summed E-state index contributed by atoms with van der Waals surface area (Å²) in [6.45, 7) is 5.14. The molecule has 0 bridgehead atoms. The minimum Gasteiger partial charge on any atom is -0.462 e. The van der Waals surface area contributed by atoms with Crippen LogP contribution in [-0.2, 0) is 14.3 Å². The van der Waals surface area contributed by atoms with Gasteiger partial charge in [-0.2, -0.15) is 0 Å². The number of carbonyl (C=O) groups excluding carboxylic acids is 3. The normalized spacial score (nSPS) is 10.3. The second-order valence-corrected chi connectivity index (χ2v) is 4.90. The largest absolute Gasteiger partial charge is 0.462 e. The van der Waals surface area contributed by atoms with Gasteiger partial charge in [0.15, 0.2) is 0 Å². The van der Waals surface area contributed by atoms with Gasteiger partial charge in [-0.1, -0.05) is 0 Å². The maximum Gasteiger partial charge on any atom is 0.338 e. The Morgan fingerprint density at radius 1 is 0.833 bits per heavy atom. The van der Waals surface area contributed by atoms with Gasteiger partial charge in [-0.3, -0.25) is 4.79 Å². The molecule has 0 aliphatic heterocycles. The standard InChI is InChI=1S/C18H18O6/c1-4-22-17(20)15-10-16(18(21)23-5-2)14-9-7-12(24-11(3)19)6-8-13(14)15/h6-10H,4-5H2,1-3H3. The van der Waals surface area contributed by atoms with Gasteiger partial charge in [-0.25, -0.2) is 9.59 Å². The van der Waals surface area contributed by atoms with Gasteiger partial charge in [0.25, 0.3) is 0 Å².